The summed E-state index contributed by atoms with van der Waals surface area (Å²) in [5.74, 6) is 0. The molecule has 0 amide bonds. The first kappa shape index (κ1) is 53.3. The fourth-order valence-electron chi connectivity index (χ4n) is 7.39. The second kappa shape index (κ2) is 27.9. The molecular weight excluding hydrogens is 759 g/mol. The van der Waals surface area contributed by atoms with E-state index in [-0.39, 0.29) is 0 Å². The van der Waals surface area contributed by atoms with Crippen molar-refractivity contribution in [3.63, 3.8) is 0 Å². The third-order valence-corrected chi connectivity index (χ3v) is 9.41. The molecule has 3 aromatic heterocycles. The fraction of sp³-hybridized carbons (Fsp3) is 0.263. The van der Waals surface area contributed by atoms with Gasteiger partial charge in [-0.3, -0.25) is 0 Å². The van der Waals surface area contributed by atoms with Gasteiger partial charge in [-0.25, -0.2) is 0 Å². The molecule has 0 radical (unpaired) electrons. The van der Waals surface area contributed by atoms with Crippen molar-refractivity contribution in [2.24, 2.45) is 0 Å². The lowest BCUT2D eigenvalue weighted by Crippen LogP contribution is -1.98. The largest absolute Gasteiger partial charge is 0.310 e. The first-order chi connectivity index (χ1) is 30.0. The average Bonchev–Trinajstić information content (AvgIpc) is 3.95. The topological polar surface area (TPSA) is 14.8 Å². The molecule has 3 nitrogen and oxygen atoms in total. The minimum atomic E-state index is 1.08. The molecule has 0 aliphatic heterocycles. The highest BCUT2D eigenvalue weighted by molar-refractivity contribution is 7.79. The number of rotatable bonds is 9. The van der Waals surface area contributed by atoms with E-state index in [1.54, 1.807) is 6.26 Å². The van der Waals surface area contributed by atoms with Crippen molar-refractivity contribution < 1.29 is 0 Å². The number of thiol groups is 1. The van der Waals surface area contributed by atoms with Crippen molar-refractivity contribution in [3.8, 4) is 11.4 Å². The Balaban J connectivity index is 0.00000143. The Morgan fingerprint density at radius 3 is 1.43 bits per heavy atom. The molecule has 0 fully saturated rings. The van der Waals surface area contributed by atoms with Crippen LogP contribution in [0.3, 0.4) is 0 Å². The third kappa shape index (κ3) is 11.0. The Morgan fingerprint density at radius 2 is 0.984 bits per heavy atom. The van der Waals surface area contributed by atoms with Crippen LogP contribution in [0.1, 0.15) is 118 Å². The van der Waals surface area contributed by atoms with Crippen molar-refractivity contribution in [1.82, 2.24) is 13.7 Å². The van der Waals surface area contributed by atoms with Gasteiger partial charge in [-0.1, -0.05) is 162 Å². The lowest BCUT2D eigenvalue weighted by molar-refractivity contribution is 1.11. The molecule has 0 saturated carbocycles. The van der Waals surface area contributed by atoms with E-state index in [1.165, 1.54) is 43.8 Å². The van der Waals surface area contributed by atoms with Crippen LogP contribution in [0.2, 0.25) is 0 Å². The minimum Gasteiger partial charge on any atom is -0.310 e. The highest BCUT2D eigenvalue weighted by Crippen LogP contribution is 2.39. The summed E-state index contributed by atoms with van der Waals surface area (Å²) in [5, 5.41) is 4.75. The average molecular weight is 834 g/mol. The Morgan fingerprint density at radius 1 is 0.525 bits per heavy atom. The number of aryl methyl sites for hydroxylation is 1. The van der Waals surface area contributed by atoms with Gasteiger partial charge in [-0.2, -0.15) is 12.6 Å². The number of nitrogens with zero attached hydrogens (tertiary/aromatic N) is 3. The van der Waals surface area contributed by atoms with E-state index in [0.29, 0.717) is 0 Å². The van der Waals surface area contributed by atoms with Gasteiger partial charge in [-0.15, -0.1) is 0 Å². The molecule has 0 N–H and O–H groups in total. The van der Waals surface area contributed by atoms with Crippen molar-refractivity contribution in [2.45, 2.75) is 96.9 Å². The molecule has 0 spiro atoms. The SMILES string of the molecule is C=C/C=C\C(=C/C)n1c2ccc(-n3c(C=C)c(/C=C\C)c4ccccc43)cc2c2cc(-n3c(C=C)c(/C=C\C)c4ccc(C)cc43)ccc21.CC.CC.CC.CC.CC.CS. The van der Waals surface area contributed by atoms with Crippen LogP contribution >= 0.6 is 12.6 Å². The first-order valence-electron chi connectivity index (χ1n) is 22.3. The Kier molecular flexibility index (Phi) is 24.4. The maximum Gasteiger partial charge on any atom is 0.0543 e. The van der Waals surface area contributed by atoms with Gasteiger partial charge in [0.25, 0.3) is 0 Å². The maximum atomic E-state index is 4.26. The van der Waals surface area contributed by atoms with E-state index in [9.17, 15) is 0 Å². The zero-order valence-electron chi connectivity index (χ0n) is 40.2. The fourth-order valence-corrected chi connectivity index (χ4v) is 7.39. The normalized spacial score (nSPS) is 10.7. The summed E-state index contributed by atoms with van der Waals surface area (Å²) in [7, 11) is 0. The lowest BCUT2D eigenvalue weighted by Gasteiger charge is -2.12. The second-order valence-corrected chi connectivity index (χ2v) is 12.3. The second-order valence-electron chi connectivity index (χ2n) is 12.3. The van der Waals surface area contributed by atoms with Crippen LogP contribution in [-0.2, 0) is 0 Å². The number of hydrogen-bond acceptors (Lipinski definition) is 1. The maximum absolute atomic E-state index is 4.26. The summed E-state index contributed by atoms with van der Waals surface area (Å²) in [6, 6.07) is 28.9. The Hall–Kier alpha value is -5.71. The third-order valence-electron chi connectivity index (χ3n) is 9.41. The summed E-state index contributed by atoms with van der Waals surface area (Å²) in [5.41, 5.74) is 13.6. The molecule has 3 heterocycles. The van der Waals surface area contributed by atoms with Crippen LogP contribution in [0.5, 0.6) is 0 Å². The van der Waals surface area contributed by atoms with Gasteiger partial charge in [0.2, 0.25) is 0 Å². The summed E-state index contributed by atoms with van der Waals surface area (Å²) in [4.78, 5) is 0. The molecule has 4 aromatic carbocycles. The summed E-state index contributed by atoms with van der Waals surface area (Å²) in [6.07, 6.45) is 22.3. The van der Waals surface area contributed by atoms with Gasteiger partial charge in [0.05, 0.1) is 33.5 Å². The highest BCUT2D eigenvalue weighted by atomic mass is 32.1. The quantitative estimate of drug-likeness (QED) is 0.110. The molecule has 0 atom stereocenters. The van der Waals surface area contributed by atoms with Gasteiger partial charge in [-0.05, 0) is 106 Å². The van der Waals surface area contributed by atoms with Crippen LogP contribution in [0, 0.1) is 6.92 Å². The molecule has 0 aliphatic rings. The van der Waals surface area contributed by atoms with Gasteiger partial charge in [0, 0.05) is 49.7 Å². The van der Waals surface area contributed by atoms with Crippen molar-refractivity contribution in [3.05, 3.63) is 163 Å². The number of para-hydroxylation sites is 1. The Labute approximate surface area is 375 Å². The predicted octanol–water partition coefficient (Wildman–Crippen LogP) is 18.6. The standard InChI is InChI=1S/C46H41N3.5C2H6.CH4S/c1-8-14-19-32(11-4)47-44-26-23-33(48-41(12-5)35(17-9-2)37-20-15-16-21-43(37)48)29-39(44)40-30-34(24-27-45(40)47)49-42(13-6)36(18-10-3)38-25-22-31(7)28-46(38)49;6*1-2/h8-30H,1,5-6H2,2-4,7H3;5*1-2H3;2H,1H3/b17-9-,18-10-,19-14-,32-11+;;;;;;. The molecule has 61 heavy (non-hydrogen) atoms. The van der Waals surface area contributed by atoms with E-state index >= 15 is 0 Å². The van der Waals surface area contributed by atoms with Gasteiger partial charge in [0.1, 0.15) is 0 Å². The summed E-state index contributed by atoms with van der Waals surface area (Å²) < 4.78 is 7.03. The monoisotopic (exact) mass is 834 g/mol. The van der Waals surface area contributed by atoms with E-state index < -0.39 is 0 Å². The summed E-state index contributed by atoms with van der Waals surface area (Å²) in [6.45, 7) is 40.8. The molecular formula is C57H75N3S. The van der Waals surface area contributed by atoms with Crippen molar-refractivity contribution in [1.29, 1.82) is 0 Å². The molecule has 324 valence electrons. The van der Waals surface area contributed by atoms with Crippen LogP contribution < -0.4 is 0 Å². The summed E-state index contributed by atoms with van der Waals surface area (Å²) >= 11 is 3.53. The van der Waals surface area contributed by atoms with Crippen LogP contribution in [0.15, 0.2) is 135 Å². The number of aromatic nitrogens is 3. The zero-order valence-corrected chi connectivity index (χ0v) is 41.1. The van der Waals surface area contributed by atoms with Gasteiger partial charge >= 0.3 is 0 Å². The zero-order chi connectivity index (χ0) is 46.2. The van der Waals surface area contributed by atoms with E-state index in [0.717, 1.165) is 45.0 Å². The molecule has 0 aliphatic carbocycles. The number of benzene rings is 4. The van der Waals surface area contributed by atoms with Crippen LogP contribution in [0.4, 0.5) is 0 Å². The smallest absolute Gasteiger partial charge is 0.0543 e. The predicted molar refractivity (Wildman–Crippen MR) is 288 cm³/mol. The molecule has 7 aromatic rings. The number of fused-ring (bicyclic) bond motifs is 5. The lowest BCUT2D eigenvalue weighted by atomic mass is 10.1. The molecule has 0 saturated heterocycles. The molecule has 0 unspecified atom stereocenters. The van der Waals surface area contributed by atoms with Crippen molar-refractivity contribution in [2.75, 3.05) is 6.26 Å². The molecule has 4 heteroatoms. The Bertz CT molecular complexity index is 2590. The highest BCUT2D eigenvalue weighted by Gasteiger charge is 2.20. The van der Waals surface area contributed by atoms with E-state index in [4.69, 9.17) is 0 Å². The minimum absolute atomic E-state index is 1.08. The van der Waals surface area contributed by atoms with Crippen LogP contribution in [0.25, 0.3) is 85.0 Å². The van der Waals surface area contributed by atoms with Crippen molar-refractivity contribution >= 4 is 86.2 Å². The number of hydrogen-bond donors (Lipinski definition) is 1. The van der Waals surface area contributed by atoms with E-state index in [2.05, 4.69) is 189 Å². The van der Waals surface area contributed by atoms with E-state index in [1.807, 2.05) is 93.5 Å². The first-order valence-corrected chi connectivity index (χ1v) is 23.2. The van der Waals surface area contributed by atoms with Crippen LogP contribution in [-0.4, -0.2) is 20.0 Å². The van der Waals surface area contributed by atoms with Gasteiger partial charge in [0.15, 0.2) is 0 Å². The number of allylic oxidation sites excluding steroid dienone is 7. The molecule has 0 bridgehead atoms. The van der Waals surface area contributed by atoms with Gasteiger partial charge < -0.3 is 13.7 Å². The molecule has 7 rings (SSSR count).